The van der Waals surface area contributed by atoms with Crippen LogP contribution < -0.4 is 9.47 Å². The number of thiophene rings is 1. The van der Waals surface area contributed by atoms with Crippen LogP contribution in [0.3, 0.4) is 0 Å². The average molecular weight is 276 g/mol. The van der Waals surface area contributed by atoms with E-state index in [1.165, 1.54) is 16.2 Å². The van der Waals surface area contributed by atoms with E-state index in [0.29, 0.717) is 17.1 Å². The molecule has 1 aromatic carbocycles. The van der Waals surface area contributed by atoms with Gasteiger partial charge in [0.05, 0.1) is 19.1 Å². The molecule has 0 spiro atoms. The predicted octanol–water partition coefficient (Wildman–Crippen LogP) is 3.61. The zero-order valence-corrected chi connectivity index (χ0v) is 12.3. The Labute approximate surface area is 116 Å². The molecule has 1 aromatic heterocycles. The van der Waals surface area contributed by atoms with Crippen molar-refractivity contribution in [3.8, 4) is 11.5 Å². The second-order valence-corrected chi connectivity index (χ2v) is 5.51. The standard InChI is InChI=1S/C15H16O3S/c1-9-7-14(19-10(9)2)15(16)11-5-6-12(17-3)13(8-11)18-4/h5-8H,1-4H3. The lowest BCUT2D eigenvalue weighted by molar-refractivity contribution is 0.104. The third kappa shape index (κ3) is 2.63. The maximum absolute atomic E-state index is 12.4. The van der Waals surface area contributed by atoms with Gasteiger partial charge in [0.25, 0.3) is 0 Å². The van der Waals surface area contributed by atoms with Crippen molar-refractivity contribution in [2.45, 2.75) is 13.8 Å². The van der Waals surface area contributed by atoms with E-state index in [2.05, 4.69) is 0 Å². The molecule has 0 aliphatic heterocycles. The molecule has 2 aromatic rings. The summed E-state index contributed by atoms with van der Waals surface area (Å²) in [7, 11) is 3.14. The van der Waals surface area contributed by atoms with Crippen LogP contribution in [0.25, 0.3) is 0 Å². The Morgan fingerprint density at radius 1 is 1.05 bits per heavy atom. The summed E-state index contributed by atoms with van der Waals surface area (Å²) >= 11 is 1.52. The van der Waals surface area contributed by atoms with Gasteiger partial charge in [-0.25, -0.2) is 0 Å². The highest BCUT2D eigenvalue weighted by Gasteiger charge is 2.15. The Kier molecular flexibility index (Phi) is 3.90. The van der Waals surface area contributed by atoms with Crippen LogP contribution in [0.4, 0.5) is 0 Å². The van der Waals surface area contributed by atoms with Crippen LogP contribution >= 0.6 is 11.3 Å². The summed E-state index contributed by atoms with van der Waals surface area (Å²) in [5.41, 5.74) is 1.76. The van der Waals surface area contributed by atoms with Crippen molar-refractivity contribution in [2.75, 3.05) is 14.2 Å². The fourth-order valence-corrected chi connectivity index (χ4v) is 2.80. The van der Waals surface area contributed by atoms with Gasteiger partial charge >= 0.3 is 0 Å². The minimum Gasteiger partial charge on any atom is -0.493 e. The molecule has 0 radical (unpaired) electrons. The van der Waals surface area contributed by atoms with E-state index in [1.807, 2.05) is 19.9 Å². The zero-order chi connectivity index (χ0) is 14.0. The lowest BCUT2D eigenvalue weighted by Crippen LogP contribution is -2.00. The molecule has 0 saturated heterocycles. The first-order chi connectivity index (χ1) is 9.06. The topological polar surface area (TPSA) is 35.5 Å². The van der Waals surface area contributed by atoms with E-state index < -0.39 is 0 Å². The van der Waals surface area contributed by atoms with E-state index in [1.54, 1.807) is 32.4 Å². The van der Waals surface area contributed by atoms with Gasteiger partial charge in [-0.1, -0.05) is 0 Å². The highest BCUT2D eigenvalue weighted by Crippen LogP contribution is 2.30. The van der Waals surface area contributed by atoms with Gasteiger partial charge in [0.15, 0.2) is 11.5 Å². The van der Waals surface area contributed by atoms with E-state index >= 15 is 0 Å². The zero-order valence-electron chi connectivity index (χ0n) is 11.4. The molecule has 100 valence electrons. The van der Waals surface area contributed by atoms with Crippen molar-refractivity contribution in [3.63, 3.8) is 0 Å². The average Bonchev–Trinajstić information content (AvgIpc) is 2.77. The number of ketones is 1. The highest BCUT2D eigenvalue weighted by molar-refractivity contribution is 7.14. The number of carbonyl (C=O) groups excluding carboxylic acids is 1. The SMILES string of the molecule is COc1ccc(C(=O)c2cc(C)c(C)s2)cc1OC. The first kappa shape index (κ1) is 13.6. The van der Waals surface area contributed by atoms with Crippen LogP contribution in [0.1, 0.15) is 25.7 Å². The number of ether oxygens (including phenoxy) is 2. The second kappa shape index (κ2) is 5.45. The van der Waals surface area contributed by atoms with Gasteiger partial charge < -0.3 is 9.47 Å². The maximum Gasteiger partial charge on any atom is 0.203 e. The van der Waals surface area contributed by atoms with Crippen molar-refractivity contribution in [3.05, 3.63) is 45.1 Å². The highest BCUT2D eigenvalue weighted by atomic mass is 32.1. The van der Waals surface area contributed by atoms with Crippen molar-refractivity contribution < 1.29 is 14.3 Å². The molecule has 19 heavy (non-hydrogen) atoms. The molecule has 0 fully saturated rings. The number of rotatable bonds is 4. The number of hydrogen-bond donors (Lipinski definition) is 0. The van der Waals surface area contributed by atoms with Crippen LogP contribution in [-0.2, 0) is 0 Å². The van der Waals surface area contributed by atoms with Gasteiger partial charge in [-0.2, -0.15) is 0 Å². The molecule has 0 bridgehead atoms. The van der Waals surface area contributed by atoms with Crippen LogP contribution in [-0.4, -0.2) is 20.0 Å². The number of aryl methyl sites for hydroxylation is 2. The van der Waals surface area contributed by atoms with Gasteiger partial charge in [-0.3, -0.25) is 4.79 Å². The summed E-state index contributed by atoms with van der Waals surface area (Å²) in [6.45, 7) is 4.03. The molecule has 1 heterocycles. The normalized spacial score (nSPS) is 10.3. The van der Waals surface area contributed by atoms with Gasteiger partial charge in [-0.15, -0.1) is 11.3 Å². The Morgan fingerprint density at radius 3 is 2.26 bits per heavy atom. The summed E-state index contributed by atoms with van der Waals surface area (Å²) in [4.78, 5) is 14.3. The molecule has 0 amide bonds. The fourth-order valence-electron chi connectivity index (χ4n) is 1.80. The molecule has 2 rings (SSSR count). The molecule has 3 nitrogen and oxygen atoms in total. The molecule has 0 atom stereocenters. The number of carbonyl (C=O) groups is 1. The lowest BCUT2D eigenvalue weighted by Gasteiger charge is -2.08. The third-order valence-corrected chi connectivity index (χ3v) is 4.19. The smallest absolute Gasteiger partial charge is 0.203 e. The third-order valence-electron chi connectivity index (χ3n) is 3.04. The lowest BCUT2D eigenvalue weighted by atomic mass is 10.1. The monoisotopic (exact) mass is 276 g/mol. The number of methoxy groups -OCH3 is 2. The van der Waals surface area contributed by atoms with Crippen LogP contribution in [0.5, 0.6) is 11.5 Å². The minimum atomic E-state index is 0.0159. The maximum atomic E-state index is 12.4. The Morgan fingerprint density at radius 2 is 1.74 bits per heavy atom. The molecular formula is C15H16O3S. The molecule has 0 saturated carbocycles. The van der Waals surface area contributed by atoms with Crippen LogP contribution in [0, 0.1) is 13.8 Å². The van der Waals surface area contributed by atoms with Crippen molar-refractivity contribution in [2.24, 2.45) is 0 Å². The summed E-state index contributed by atoms with van der Waals surface area (Å²) in [5, 5.41) is 0. The van der Waals surface area contributed by atoms with Gasteiger partial charge in [0.2, 0.25) is 5.78 Å². The summed E-state index contributed by atoms with van der Waals surface area (Å²) in [5.74, 6) is 1.21. The van der Waals surface area contributed by atoms with Crippen LogP contribution in [0.2, 0.25) is 0 Å². The molecule has 0 N–H and O–H groups in total. The fraction of sp³-hybridized carbons (Fsp3) is 0.267. The Hall–Kier alpha value is -1.81. The van der Waals surface area contributed by atoms with Crippen LogP contribution in [0.15, 0.2) is 24.3 Å². The second-order valence-electron chi connectivity index (χ2n) is 4.25. The summed E-state index contributed by atoms with van der Waals surface area (Å²) in [6, 6.07) is 7.15. The largest absolute Gasteiger partial charge is 0.493 e. The van der Waals surface area contributed by atoms with E-state index in [-0.39, 0.29) is 5.78 Å². The molecule has 0 aliphatic rings. The Bertz CT molecular complexity index is 594. The number of benzene rings is 1. The molecular weight excluding hydrogens is 260 g/mol. The first-order valence-corrected chi connectivity index (χ1v) is 6.72. The quantitative estimate of drug-likeness (QED) is 0.800. The predicted molar refractivity (Wildman–Crippen MR) is 76.8 cm³/mol. The van der Waals surface area contributed by atoms with E-state index in [9.17, 15) is 4.79 Å². The first-order valence-electron chi connectivity index (χ1n) is 5.90. The summed E-state index contributed by atoms with van der Waals surface area (Å²) in [6.07, 6.45) is 0. The molecule has 0 unspecified atom stereocenters. The van der Waals surface area contributed by atoms with E-state index in [0.717, 1.165) is 10.4 Å². The van der Waals surface area contributed by atoms with Crippen molar-refractivity contribution in [1.82, 2.24) is 0 Å². The minimum absolute atomic E-state index is 0.0159. The van der Waals surface area contributed by atoms with Crippen molar-refractivity contribution >= 4 is 17.1 Å². The van der Waals surface area contributed by atoms with Gasteiger partial charge in [0, 0.05) is 10.4 Å². The Balaban J connectivity index is 2.39. The van der Waals surface area contributed by atoms with Gasteiger partial charge in [-0.05, 0) is 43.7 Å². The summed E-state index contributed by atoms with van der Waals surface area (Å²) < 4.78 is 10.4. The van der Waals surface area contributed by atoms with Crippen molar-refractivity contribution in [1.29, 1.82) is 0 Å². The molecule has 0 aliphatic carbocycles. The molecule has 4 heteroatoms. The van der Waals surface area contributed by atoms with Gasteiger partial charge in [0.1, 0.15) is 0 Å². The number of hydrogen-bond acceptors (Lipinski definition) is 4. The van der Waals surface area contributed by atoms with E-state index in [4.69, 9.17) is 9.47 Å².